The van der Waals surface area contributed by atoms with Gasteiger partial charge in [-0.3, -0.25) is 9.59 Å². The molecule has 9 N–H and O–H groups in total. The summed E-state index contributed by atoms with van der Waals surface area (Å²) in [5.74, 6) is 1.74. The molecule has 4 fully saturated rings. The summed E-state index contributed by atoms with van der Waals surface area (Å²) in [4.78, 5) is 24.8. The first kappa shape index (κ1) is 34.7. The first-order valence-corrected chi connectivity index (χ1v) is 16.5. The van der Waals surface area contributed by atoms with Crippen molar-refractivity contribution in [2.75, 3.05) is 19.6 Å². The topological polar surface area (TPSA) is 200 Å². The highest BCUT2D eigenvalue weighted by Crippen LogP contribution is 2.68. The molecule has 4 saturated carbocycles. The van der Waals surface area contributed by atoms with Crippen molar-refractivity contribution < 1.29 is 45.3 Å². The predicted molar refractivity (Wildman–Crippen MR) is 158 cm³/mol. The van der Waals surface area contributed by atoms with Crippen LogP contribution in [0.15, 0.2) is 0 Å². The third-order valence-electron chi connectivity index (χ3n) is 12.5. The molecule has 4 aliphatic carbocycles. The van der Waals surface area contributed by atoms with Crippen LogP contribution in [0.1, 0.15) is 85.0 Å². The van der Waals surface area contributed by atoms with Crippen LogP contribution >= 0.6 is 0 Å². The summed E-state index contributed by atoms with van der Waals surface area (Å²) < 4.78 is 0. The fraction of sp³-hybridized carbons (Fsp3) is 0.938. The quantitative estimate of drug-likeness (QED) is 0.101. The lowest BCUT2D eigenvalue weighted by Crippen LogP contribution is -2.58. The highest BCUT2D eigenvalue weighted by Gasteiger charge is 2.63. The molecule has 0 aromatic carbocycles. The Bertz CT molecular complexity index is 967. The number of amides is 1. The molecular weight excluding hydrogens is 556 g/mol. The third-order valence-corrected chi connectivity index (χ3v) is 12.5. The van der Waals surface area contributed by atoms with Gasteiger partial charge in [0, 0.05) is 13.0 Å². The molecule has 4 rings (SSSR count). The number of nitrogens with one attached hydrogen (secondary N) is 2. The van der Waals surface area contributed by atoms with Crippen molar-refractivity contribution in [3.63, 3.8) is 0 Å². The largest absolute Gasteiger partial charge is 0.393 e. The number of rotatable bonds is 13. The van der Waals surface area contributed by atoms with E-state index < -0.39 is 30.5 Å². The van der Waals surface area contributed by atoms with Crippen molar-refractivity contribution in [3.05, 3.63) is 0 Å². The Hall–Kier alpha value is -1.18. The zero-order chi connectivity index (χ0) is 31.7. The molecule has 4 aliphatic rings. The Labute approximate surface area is 255 Å². The Morgan fingerprint density at radius 2 is 1.60 bits per heavy atom. The van der Waals surface area contributed by atoms with E-state index in [0.29, 0.717) is 49.0 Å². The smallest absolute Gasteiger partial charge is 0.251 e. The number of hydrogen-bond acceptors (Lipinski definition) is 10. The van der Waals surface area contributed by atoms with Crippen LogP contribution in [0.25, 0.3) is 0 Å². The monoisotopic (exact) mass is 612 g/mol. The number of ketones is 1. The first-order chi connectivity index (χ1) is 20.2. The summed E-state index contributed by atoms with van der Waals surface area (Å²) >= 11 is 0. The highest BCUT2D eigenvalue weighted by atomic mass is 16.5. The number of hydrogen-bond donors (Lipinski definition) is 9. The molecule has 248 valence electrons. The Morgan fingerprint density at radius 1 is 0.884 bits per heavy atom. The fourth-order valence-electron chi connectivity index (χ4n) is 10.0. The van der Waals surface area contributed by atoms with Crippen LogP contribution < -0.4 is 10.6 Å². The summed E-state index contributed by atoms with van der Waals surface area (Å²) in [6.45, 7) is 7.66. The molecule has 0 aromatic rings. The molecule has 0 bridgehead atoms. The normalized spacial score (nSPS) is 40.1. The molecule has 0 aromatic heterocycles. The van der Waals surface area contributed by atoms with Gasteiger partial charge < -0.3 is 46.4 Å². The molecule has 0 spiro atoms. The van der Waals surface area contributed by atoms with Crippen molar-refractivity contribution in [1.29, 1.82) is 0 Å². The van der Waals surface area contributed by atoms with Gasteiger partial charge in [0.05, 0.1) is 18.8 Å². The van der Waals surface area contributed by atoms with E-state index in [1.54, 1.807) is 0 Å². The molecule has 11 heteroatoms. The van der Waals surface area contributed by atoms with Gasteiger partial charge in [0.1, 0.15) is 18.0 Å². The zero-order valence-electron chi connectivity index (χ0n) is 26.1. The first-order valence-electron chi connectivity index (χ1n) is 16.5. The number of aliphatic hydroxyl groups is 7. The Kier molecular flexibility index (Phi) is 11.4. The number of Topliss-reactive ketones (excluding diaryl/α,β-unsaturated/α-hetero) is 1. The molecule has 0 unspecified atom stereocenters. The van der Waals surface area contributed by atoms with Crippen LogP contribution in [0.5, 0.6) is 0 Å². The van der Waals surface area contributed by atoms with Gasteiger partial charge in [-0.25, -0.2) is 0 Å². The Balaban J connectivity index is 1.21. The number of fused-ring (bicyclic) bond motifs is 5. The van der Waals surface area contributed by atoms with Gasteiger partial charge in [0.2, 0.25) is 0 Å². The average molecular weight is 613 g/mol. The van der Waals surface area contributed by atoms with Gasteiger partial charge in [0.25, 0.3) is 5.91 Å². The summed E-state index contributed by atoms with van der Waals surface area (Å²) in [6, 6.07) is 0. The van der Waals surface area contributed by atoms with Crippen LogP contribution in [0.3, 0.4) is 0 Å². The summed E-state index contributed by atoms with van der Waals surface area (Å²) in [6.07, 6.45) is 0.0603. The number of aliphatic hydroxyl groups excluding tert-OH is 6. The molecule has 43 heavy (non-hydrogen) atoms. The maximum Gasteiger partial charge on any atom is 0.251 e. The SMILES string of the molecule is C[C@H](CC(=O)CNCCCNC(=O)[C@H](O)[C@H](O)[C@H](O)C(O)O)[C@H]1CC[C@H]2[C@@H]3CC[C@H]4C[C@H](O)CC[C@]4(C)[C@H]3C[C@H](O)[C@]12C. The average Bonchev–Trinajstić information content (AvgIpc) is 3.33. The highest BCUT2D eigenvalue weighted by molar-refractivity contribution is 5.81. The minimum absolute atomic E-state index is 0.107. The lowest BCUT2D eigenvalue weighted by atomic mass is 9.43. The van der Waals surface area contributed by atoms with Gasteiger partial charge in [0.15, 0.2) is 12.4 Å². The van der Waals surface area contributed by atoms with E-state index in [-0.39, 0.29) is 47.8 Å². The molecule has 0 aliphatic heterocycles. The van der Waals surface area contributed by atoms with E-state index in [1.807, 2.05) is 0 Å². The summed E-state index contributed by atoms with van der Waals surface area (Å²) in [5.41, 5.74) is 0.0129. The van der Waals surface area contributed by atoms with Crippen LogP contribution in [-0.2, 0) is 9.59 Å². The summed E-state index contributed by atoms with van der Waals surface area (Å²) in [7, 11) is 0. The second kappa shape index (κ2) is 14.1. The summed E-state index contributed by atoms with van der Waals surface area (Å²) in [5, 5.41) is 74.1. The number of carbonyl (C=O) groups is 2. The molecule has 0 radical (unpaired) electrons. The lowest BCUT2D eigenvalue weighted by Gasteiger charge is -2.62. The van der Waals surface area contributed by atoms with E-state index in [4.69, 9.17) is 10.2 Å². The second-order valence-corrected chi connectivity index (χ2v) is 14.8. The predicted octanol–water partition coefficient (Wildman–Crippen LogP) is 0.0616. The van der Waals surface area contributed by atoms with Crippen molar-refractivity contribution in [2.45, 2.75) is 122 Å². The van der Waals surface area contributed by atoms with E-state index >= 15 is 0 Å². The second-order valence-electron chi connectivity index (χ2n) is 14.8. The molecule has 13 atom stereocenters. The van der Waals surface area contributed by atoms with Crippen LogP contribution in [-0.4, -0.2) is 104 Å². The third kappa shape index (κ3) is 6.99. The van der Waals surface area contributed by atoms with Gasteiger partial charge in [-0.2, -0.15) is 0 Å². The fourth-order valence-corrected chi connectivity index (χ4v) is 10.0. The van der Waals surface area contributed by atoms with Gasteiger partial charge in [-0.05, 0) is 111 Å². The standard InChI is InChI=1S/C32H56N2O9/c1-17(13-20(36)16-33-11-4-12-34-29(41)27(39)26(38)28(40)30(42)43)22-7-8-23-21-6-5-18-14-19(35)9-10-31(18,2)24(21)15-25(37)32(22,23)3/h17-19,21-28,30,33,35,37-40,42-43H,4-16H2,1-3H3,(H,34,41)/t17-,18+,19-,21+,22-,23+,24+,25+,26+,27-,28+,31+,32-/m1/s1. The van der Waals surface area contributed by atoms with Crippen LogP contribution in [0.2, 0.25) is 0 Å². The van der Waals surface area contributed by atoms with E-state index in [0.717, 1.165) is 38.5 Å². The van der Waals surface area contributed by atoms with Gasteiger partial charge in [-0.15, -0.1) is 0 Å². The van der Waals surface area contributed by atoms with Crippen molar-refractivity contribution in [1.82, 2.24) is 10.6 Å². The molecule has 0 saturated heterocycles. The van der Waals surface area contributed by atoms with E-state index in [1.165, 1.54) is 12.8 Å². The van der Waals surface area contributed by atoms with Crippen LogP contribution in [0.4, 0.5) is 0 Å². The van der Waals surface area contributed by atoms with E-state index in [9.17, 15) is 35.1 Å². The molecule has 0 heterocycles. The maximum absolute atomic E-state index is 12.9. The van der Waals surface area contributed by atoms with Gasteiger partial charge >= 0.3 is 0 Å². The van der Waals surface area contributed by atoms with Crippen molar-refractivity contribution in [3.8, 4) is 0 Å². The molecular formula is C32H56N2O9. The van der Waals surface area contributed by atoms with Crippen molar-refractivity contribution in [2.24, 2.45) is 46.3 Å². The number of carbonyl (C=O) groups excluding carboxylic acids is 2. The zero-order valence-corrected chi connectivity index (χ0v) is 26.1. The minimum atomic E-state index is -2.29. The van der Waals surface area contributed by atoms with Crippen LogP contribution in [0, 0.1) is 46.3 Å². The lowest BCUT2D eigenvalue weighted by molar-refractivity contribution is -0.180. The van der Waals surface area contributed by atoms with E-state index in [2.05, 4.69) is 31.4 Å². The molecule has 11 nitrogen and oxygen atoms in total. The maximum atomic E-state index is 12.9. The minimum Gasteiger partial charge on any atom is -0.393 e. The molecule has 1 amide bonds. The Morgan fingerprint density at radius 3 is 2.30 bits per heavy atom. The van der Waals surface area contributed by atoms with Gasteiger partial charge in [-0.1, -0.05) is 20.8 Å². The van der Waals surface area contributed by atoms with Crippen molar-refractivity contribution >= 4 is 11.7 Å².